The van der Waals surface area contributed by atoms with Crippen molar-refractivity contribution in [3.05, 3.63) is 37.6 Å². The van der Waals surface area contributed by atoms with Crippen LogP contribution in [-0.2, 0) is 0 Å². The maximum Gasteiger partial charge on any atom is 0.290 e. The fourth-order valence-electron chi connectivity index (χ4n) is 4.03. The summed E-state index contributed by atoms with van der Waals surface area (Å²) in [6.45, 7) is 0. The Hall–Kier alpha value is -2.06. The molecule has 0 saturated carbocycles. The molecular weight excluding hydrogens is 334 g/mol. The standard InChI is InChI=1S/C15H16ClN5O3/c1-19-8-2-3-9(19)5-10(4-8)20-15(22)11-6-12(16)14(21(23)24)7-13(11)17-18-20/h6-10H,2-5H2,1H3/t8-,9+,10?. The van der Waals surface area contributed by atoms with Crippen LogP contribution in [0, 0.1) is 10.1 Å². The van der Waals surface area contributed by atoms with Gasteiger partial charge in [0.25, 0.3) is 11.2 Å². The van der Waals surface area contributed by atoms with E-state index < -0.39 is 4.92 Å². The highest BCUT2D eigenvalue weighted by Gasteiger charge is 2.39. The number of piperidine rings is 1. The molecule has 0 N–H and O–H groups in total. The predicted octanol–water partition coefficient (Wildman–Crippen LogP) is 2.15. The molecule has 2 saturated heterocycles. The third kappa shape index (κ3) is 2.29. The minimum atomic E-state index is -0.594. The lowest BCUT2D eigenvalue weighted by atomic mass is 9.98. The van der Waals surface area contributed by atoms with Crippen molar-refractivity contribution in [1.29, 1.82) is 0 Å². The van der Waals surface area contributed by atoms with Gasteiger partial charge in [-0.05, 0) is 38.8 Å². The van der Waals surface area contributed by atoms with E-state index >= 15 is 0 Å². The average Bonchev–Trinajstić information content (AvgIpc) is 2.76. The number of hydrogen-bond acceptors (Lipinski definition) is 6. The Labute approximate surface area is 142 Å². The highest BCUT2D eigenvalue weighted by Crippen LogP contribution is 2.39. The van der Waals surface area contributed by atoms with Crippen molar-refractivity contribution >= 4 is 28.2 Å². The van der Waals surface area contributed by atoms with Crippen molar-refractivity contribution in [2.75, 3.05) is 7.05 Å². The average molecular weight is 350 g/mol. The van der Waals surface area contributed by atoms with E-state index in [1.807, 2.05) is 0 Å². The Balaban J connectivity index is 1.78. The van der Waals surface area contributed by atoms with Crippen LogP contribution in [-0.4, -0.2) is 43.9 Å². The van der Waals surface area contributed by atoms with Gasteiger partial charge in [0.15, 0.2) is 0 Å². The van der Waals surface area contributed by atoms with Crippen LogP contribution in [0.25, 0.3) is 10.9 Å². The molecule has 24 heavy (non-hydrogen) atoms. The molecule has 126 valence electrons. The molecule has 3 heterocycles. The van der Waals surface area contributed by atoms with Crippen LogP contribution in [0.2, 0.25) is 5.02 Å². The number of rotatable bonds is 2. The van der Waals surface area contributed by atoms with Crippen molar-refractivity contribution in [1.82, 2.24) is 19.9 Å². The van der Waals surface area contributed by atoms with Gasteiger partial charge in [0, 0.05) is 18.2 Å². The van der Waals surface area contributed by atoms with Crippen LogP contribution in [0.15, 0.2) is 16.9 Å². The molecule has 4 rings (SSSR count). The van der Waals surface area contributed by atoms with E-state index in [1.54, 1.807) is 0 Å². The van der Waals surface area contributed by atoms with Gasteiger partial charge in [0.1, 0.15) is 10.5 Å². The summed E-state index contributed by atoms with van der Waals surface area (Å²) in [5, 5.41) is 19.2. The third-order valence-corrected chi connectivity index (χ3v) is 5.67. The second kappa shape index (κ2) is 5.49. The van der Waals surface area contributed by atoms with E-state index in [0.717, 1.165) is 25.7 Å². The van der Waals surface area contributed by atoms with Gasteiger partial charge in [-0.15, -0.1) is 5.10 Å². The van der Waals surface area contributed by atoms with E-state index in [0.29, 0.717) is 12.1 Å². The van der Waals surface area contributed by atoms with E-state index in [4.69, 9.17) is 11.6 Å². The summed E-state index contributed by atoms with van der Waals surface area (Å²) in [5.74, 6) is 0. The zero-order valence-electron chi connectivity index (χ0n) is 13.1. The van der Waals surface area contributed by atoms with E-state index in [2.05, 4.69) is 22.3 Å². The van der Waals surface area contributed by atoms with Crippen LogP contribution in [0.1, 0.15) is 31.7 Å². The zero-order valence-corrected chi connectivity index (χ0v) is 13.8. The molecule has 3 atom stereocenters. The van der Waals surface area contributed by atoms with Gasteiger partial charge in [-0.25, -0.2) is 4.68 Å². The van der Waals surface area contributed by atoms with Crippen LogP contribution in [0.4, 0.5) is 5.69 Å². The first kappa shape index (κ1) is 15.5. The summed E-state index contributed by atoms with van der Waals surface area (Å²) >= 11 is 5.94. The molecule has 2 aliphatic rings. The largest absolute Gasteiger partial charge is 0.300 e. The second-order valence-electron chi connectivity index (χ2n) is 6.59. The summed E-state index contributed by atoms with van der Waals surface area (Å²) in [4.78, 5) is 25.5. The summed E-state index contributed by atoms with van der Waals surface area (Å²) in [7, 11) is 2.13. The van der Waals surface area contributed by atoms with Gasteiger partial charge in [-0.3, -0.25) is 14.9 Å². The van der Waals surface area contributed by atoms with Crippen LogP contribution in [0.3, 0.4) is 0 Å². The Morgan fingerprint density at radius 3 is 2.54 bits per heavy atom. The highest BCUT2D eigenvalue weighted by atomic mass is 35.5. The molecule has 1 aromatic carbocycles. The van der Waals surface area contributed by atoms with Gasteiger partial charge >= 0.3 is 0 Å². The first-order valence-corrected chi connectivity index (χ1v) is 8.28. The first-order valence-electron chi connectivity index (χ1n) is 7.91. The molecule has 9 heteroatoms. The molecule has 2 bridgehead atoms. The summed E-state index contributed by atoms with van der Waals surface area (Å²) in [5.41, 5.74) is -0.359. The molecule has 1 unspecified atom stereocenters. The lowest BCUT2D eigenvalue weighted by Crippen LogP contribution is -2.43. The normalized spacial score (nSPS) is 26.8. The monoisotopic (exact) mass is 349 g/mol. The molecule has 2 aliphatic heterocycles. The Morgan fingerprint density at radius 1 is 1.25 bits per heavy atom. The van der Waals surface area contributed by atoms with Gasteiger partial charge in [-0.2, -0.15) is 0 Å². The minimum Gasteiger partial charge on any atom is -0.300 e. The van der Waals surface area contributed by atoms with Crippen LogP contribution < -0.4 is 5.56 Å². The van der Waals surface area contributed by atoms with Crippen molar-refractivity contribution < 1.29 is 4.92 Å². The molecule has 8 nitrogen and oxygen atoms in total. The number of benzene rings is 1. The number of nitrogens with zero attached hydrogens (tertiary/aromatic N) is 5. The third-order valence-electron chi connectivity index (χ3n) is 5.37. The fraction of sp³-hybridized carbons (Fsp3) is 0.533. The summed E-state index contributed by atoms with van der Waals surface area (Å²) < 4.78 is 1.43. The maximum absolute atomic E-state index is 12.8. The van der Waals surface area contributed by atoms with Gasteiger partial charge < -0.3 is 4.90 Å². The van der Waals surface area contributed by atoms with Crippen molar-refractivity contribution in [3.8, 4) is 0 Å². The molecular formula is C15H16ClN5O3. The number of fused-ring (bicyclic) bond motifs is 3. The number of halogens is 1. The first-order chi connectivity index (χ1) is 11.5. The molecule has 0 spiro atoms. The fourth-order valence-corrected chi connectivity index (χ4v) is 4.26. The zero-order chi connectivity index (χ0) is 17.0. The molecule has 2 fully saturated rings. The van der Waals surface area contributed by atoms with Crippen molar-refractivity contribution in [3.63, 3.8) is 0 Å². The molecule has 0 amide bonds. The van der Waals surface area contributed by atoms with E-state index in [1.165, 1.54) is 16.8 Å². The Bertz CT molecular complexity index is 885. The van der Waals surface area contributed by atoms with Crippen molar-refractivity contribution in [2.45, 2.75) is 43.8 Å². The van der Waals surface area contributed by atoms with Gasteiger partial charge in [0.05, 0.1) is 16.4 Å². The molecule has 1 aromatic heterocycles. The molecule has 0 radical (unpaired) electrons. The van der Waals surface area contributed by atoms with E-state index in [9.17, 15) is 14.9 Å². The number of aromatic nitrogens is 3. The highest BCUT2D eigenvalue weighted by molar-refractivity contribution is 6.33. The van der Waals surface area contributed by atoms with Gasteiger partial charge in [0.2, 0.25) is 0 Å². The summed E-state index contributed by atoms with van der Waals surface area (Å²) in [6, 6.07) is 3.48. The Morgan fingerprint density at radius 2 is 1.92 bits per heavy atom. The van der Waals surface area contributed by atoms with Crippen LogP contribution >= 0.6 is 11.6 Å². The van der Waals surface area contributed by atoms with E-state index in [-0.39, 0.29) is 33.2 Å². The van der Waals surface area contributed by atoms with Crippen molar-refractivity contribution in [2.24, 2.45) is 0 Å². The quantitative estimate of drug-likeness (QED) is 0.609. The number of hydrogen-bond donors (Lipinski definition) is 0. The minimum absolute atomic E-state index is 0.0112. The number of nitro benzene ring substituents is 1. The molecule has 0 aliphatic carbocycles. The number of nitro groups is 1. The smallest absolute Gasteiger partial charge is 0.290 e. The summed E-state index contributed by atoms with van der Waals surface area (Å²) in [6.07, 6.45) is 4.03. The van der Waals surface area contributed by atoms with Gasteiger partial charge in [-0.1, -0.05) is 16.8 Å². The lowest BCUT2D eigenvalue weighted by molar-refractivity contribution is -0.384. The predicted molar refractivity (Wildman–Crippen MR) is 88.3 cm³/mol. The van der Waals surface area contributed by atoms with Crippen LogP contribution in [0.5, 0.6) is 0 Å². The Kier molecular flexibility index (Phi) is 3.54. The molecule has 2 aromatic rings. The lowest BCUT2D eigenvalue weighted by Gasteiger charge is -2.36. The topological polar surface area (TPSA) is 94.2 Å². The maximum atomic E-state index is 12.8. The second-order valence-corrected chi connectivity index (χ2v) is 7.00. The SMILES string of the molecule is CN1[C@@H]2CC[C@H]1CC(n1nnc3cc([N+](=O)[O-])c(Cl)cc3c1=O)C2.